The van der Waals surface area contributed by atoms with Crippen molar-refractivity contribution in [1.82, 2.24) is 9.88 Å². The van der Waals surface area contributed by atoms with E-state index in [1.807, 2.05) is 36.9 Å². The standard InChI is InChI=1S/C19H26ClN3O2/c1-3-19(4-2,12-21)18(24)23-9-7-13(8-10-23)17-22-15-11-14(20)5-6-16(15)25-17/h5-6,11,13H,3-4,7-10,12,21H2,1-2H3. The number of nitrogens with two attached hydrogens (primary N) is 1. The number of nitrogens with zero attached hydrogens (tertiary/aromatic N) is 2. The van der Waals surface area contributed by atoms with E-state index < -0.39 is 5.41 Å². The van der Waals surface area contributed by atoms with Crippen LogP contribution >= 0.6 is 11.6 Å². The second-order valence-electron chi connectivity index (χ2n) is 6.92. The molecule has 1 fully saturated rings. The Labute approximate surface area is 153 Å². The Kier molecular flexibility index (Phi) is 5.35. The van der Waals surface area contributed by atoms with E-state index in [1.165, 1.54) is 0 Å². The normalized spacial score (nSPS) is 16.6. The number of piperidine rings is 1. The predicted octanol–water partition coefficient (Wildman–Crippen LogP) is 3.95. The summed E-state index contributed by atoms with van der Waals surface area (Å²) >= 11 is 6.02. The van der Waals surface area contributed by atoms with Gasteiger partial charge in [0.15, 0.2) is 11.5 Å². The molecular weight excluding hydrogens is 338 g/mol. The molecule has 6 heteroatoms. The number of aromatic nitrogens is 1. The maximum absolute atomic E-state index is 12.9. The van der Waals surface area contributed by atoms with Crippen molar-refractivity contribution in [2.45, 2.75) is 45.4 Å². The zero-order chi connectivity index (χ0) is 18.0. The lowest BCUT2D eigenvalue weighted by molar-refractivity contribution is -0.143. The Morgan fingerprint density at radius 1 is 1.36 bits per heavy atom. The number of rotatable bonds is 5. The van der Waals surface area contributed by atoms with Gasteiger partial charge in [-0.2, -0.15) is 0 Å². The molecule has 2 heterocycles. The summed E-state index contributed by atoms with van der Waals surface area (Å²) < 4.78 is 5.90. The third-order valence-corrected chi connectivity index (χ3v) is 5.93. The van der Waals surface area contributed by atoms with Crippen molar-refractivity contribution in [1.29, 1.82) is 0 Å². The molecule has 25 heavy (non-hydrogen) atoms. The molecule has 2 N–H and O–H groups in total. The van der Waals surface area contributed by atoms with E-state index in [0.717, 1.165) is 55.8 Å². The van der Waals surface area contributed by atoms with Gasteiger partial charge < -0.3 is 15.1 Å². The van der Waals surface area contributed by atoms with Gasteiger partial charge in [-0.05, 0) is 43.9 Å². The smallest absolute Gasteiger partial charge is 0.230 e. The van der Waals surface area contributed by atoms with Crippen LogP contribution in [-0.4, -0.2) is 35.4 Å². The first kappa shape index (κ1) is 18.2. The quantitative estimate of drug-likeness (QED) is 0.872. The predicted molar refractivity (Wildman–Crippen MR) is 99.6 cm³/mol. The van der Waals surface area contributed by atoms with Crippen molar-refractivity contribution < 1.29 is 9.21 Å². The van der Waals surface area contributed by atoms with Crippen LogP contribution in [0.3, 0.4) is 0 Å². The number of carbonyl (C=O) groups excluding carboxylic acids is 1. The van der Waals surface area contributed by atoms with Crippen molar-refractivity contribution in [2.24, 2.45) is 11.1 Å². The van der Waals surface area contributed by atoms with Gasteiger partial charge in [0.1, 0.15) is 5.52 Å². The van der Waals surface area contributed by atoms with Crippen LogP contribution in [-0.2, 0) is 4.79 Å². The largest absolute Gasteiger partial charge is 0.440 e. The summed E-state index contributed by atoms with van der Waals surface area (Å²) in [5.41, 5.74) is 7.06. The molecule has 2 aromatic rings. The number of hydrogen-bond acceptors (Lipinski definition) is 4. The van der Waals surface area contributed by atoms with E-state index in [0.29, 0.717) is 11.6 Å². The number of amides is 1. The molecule has 0 unspecified atom stereocenters. The number of hydrogen-bond donors (Lipinski definition) is 1. The molecule has 0 bridgehead atoms. The van der Waals surface area contributed by atoms with Crippen LogP contribution in [0.1, 0.15) is 51.3 Å². The van der Waals surface area contributed by atoms with Gasteiger partial charge >= 0.3 is 0 Å². The summed E-state index contributed by atoms with van der Waals surface area (Å²) in [4.78, 5) is 19.5. The molecule has 1 saturated heterocycles. The van der Waals surface area contributed by atoms with Crippen molar-refractivity contribution >= 4 is 28.6 Å². The molecule has 1 aliphatic rings. The third-order valence-electron chi connectivity index (χ3n) is 5.70. The lowest BCUT2D eigenvalue weighted by atomic mass is 9.80. The van der Waals surface area contributed by atoms with E-state index in [4.69, 9.17) is 21.8 Å². The molecule has 0 spiro atoms. The minimum Gasteiger partial charge on any atom is -0.440 e. The lowest BCUT2D eigenvalue weighted by Crippen LogP contribution is -2.49. The Balaban J connectivity index is 1.69. The van der Waals surface area contributed by atoms with Crippen molar-refractivity contribution in [3.8, 4) is 0 Å². The molecule has 0 radical (unpaired) electrons. The van der Waals surface area contributed by atoms with Crippen LogP contribution in [0.5, 0.6) is 0 Å². The monoisotopic (exact) mass is 363 g/mol. The summed E-state index contributed by atoms with van der Waals surface area (Å²) in [7, 11) is 0. The number of benzene rings is 1. The minimum absolute atomic E-state index is 0.197. The van der Waals surface area contributed by atoms with Gasteiger partial charge in [0.2, 0.25) is 5.91 Å². The highest BCUT2D eigenvalue weighted by molar-refractivity contribution is 6.31. The Morgan fingerprint density at radius 2 is 2.04 bits per heavy atom. The van der Waals surface area contributed by atoms with Crippen LogP contribution in [0.25, 0.3) is 11.1 Å². The first-order valence-electron chi connectivity index (χ1n) is 9.08. The van der Waals surface area contributed by atoms with Crippen molar-refractivity contribution in [3.05, 3.63) is 29.1 Å². The summed E-state index contributed by atoms with van der Waals surface area (Å²) in [5.74, 6) is 1.19. The number of halogens is 1. The first-order chi connectivity index (χ1) is 12.0. The van der Waals surface area contributed by atoms with Gasteiger partial charge in [0.25, 0.3) is 0 Å². The molecule has 1 amide bonds. The molecule has 1 aromatic heterocycles. The molecule has 1 aliphatic heterocycles. The van der Waals surface area contributed by atoms with Crippen molar-refractivity contribution in [3.63, 3.8) is 0 Å². The van der Waals surface area contributed by atoms with Crippen LogP contribution in [0.2, 0.25) is 5.02 Å². The summed E-state index contributed by atoms with van der Waals surface area (Å²) in [5, 5.41) is 0.657. The SMILES string of the molecule is CCC(CC)(CN)C(=O)N1CCC(c2nc3cc(Cl)ccc3o2)CC1. The Bertz CT molecular complexity index is 738. The zero-order valence-electron chi connectivity index (χ0n) is 14.9. The highest BCUT2D eigenvalue weighted by Gasteiger charge is 2.38. The number of likely N-dealkylation sites (tertiary alicyclic amines) is 1. The molecule has 5 nitrogen and oxygen atoms in total. The van der Waals surface area contributed by atoms with Crippen molar-refractivity contribution in [2.75, 3.05) is 19.6 Å². The number of fused-ring (bicyclic) bond motifs is 1. The lowest BCUT2D eigenvalue weighted by Gasteiger charge is -2.38. The molecule has 0 saturated carbocycles. The highest BCUT2D eigenvalue weighted by atomic mass is 35.5. The first-order valence-corrected chi connectivity index (χ1v) is 9.46. The molecule has 0 aliphatic carbocycles. The maximum atomic E-state index is 12.9. The maximum Gasteiger partial charge on any atom is 0.230 e. The fourth-order valence-corrected chi connectivity index (χ4v) is 3.85. The fraction of sp³-hybridized carbons (Fsp3) is 0.579. The molecular formula is C19H26ClN3O2. The topological polar surface area (TPSA) is 72.4 Å². The third kappa shape index (κ3) is 3.40. The van der Waals surface area contributed by atoms with E-state index in [9.17, 15) is 4.79 Å². The Hall–Kier alpha value is -1.59. The molecule has 136 valence electrons. The zero-order valence-corrected chi connectivity index (χ0v) is 15.7. The summed E-state index contributed by atoms with van der Waals surface area (Å²) in [6, 6.07) is 5.48. The molecule has 3 rings (SSSR count). The second kappa shape index (κ2) is 7.34. The van der Waals surface area contributed by atoms with Gasteiger partial charge in [0, 0.05) is 30.6 Å². The number of oxazole rings is 1. The van der Waals surface area contributed by atoms with Crippen LogP contribution < -0.4 is 5.73 Å². The average Bonchev–Trinajstić information content (AvgIpc) is 3.06. The van der Waals surface area contributed by atoms with E-state index >= 15 is 0 Å². The van der Waals surface area contributed by atoms with Crippen LogP contribution in [0, 0.1) is 5.41 Å². The van der Waals surface area contributed by atoms with Crippen LogP contribution in [0.4, 0.5) is 0 Å². The van der Waals surface area contributed by atoms with Gasteiger partial charge in [-0.15, -0.1) is 0 Å². The molecule has 0 atom stereocenters. The van der Waals surface area contributed by atoms with Gasteiger partial charge in [-0.1, -0.05) is 25.4 Å². The summed E-state index contributed by atoms with van der Waals surface area (Å²) in [6.45, 7) is 5.95. The molecule has 1 aromatic carbocycles. The second-order valence-corrected chi connectivity index (χ2v) is 7.36. The minimum atomic E-state index is -0.415. The Morgan fingerprint density at radius 3 is 2.64 bits per heavy atom. The van der Waals surface area contributed by atoms with Crippen LogP contribution in [0.15, 0.2) is 22.6 Å². The fourth-order valence-electron chi connectivity index (χ4n) is 3.69. The van der Waals surface area contributed by atoms with E-state index in [1.54, 1.807) is 0 Å². The highest BCUT2D eigenvalue weighted by Crippen LogP contribution is 2.34. The number of carbonyl (C=O) groups is 1. The summed E-state index contributed by atoms with van der Waals surface area (Å²) in [6.07, 6.45) is 3.29. The van der Waals surface area contributed by atoms with Gasteiger partial charge in [-0.3, -0.25) is 4.79 Å². The average molecular weight is 364 g/mol. The van der Waals surface area contributed by atoms with Gasteiger partial charge in [0.05, 0.1) is 5.41 Å². The van der Waals surface area contributed by atoms with Gasteiger partial charge in [-0.25, -0.2) is 4.98 Å². The van der Waals surface area contributed by atoms with E-state index in [2.05, 4.69) is 4.98 Å². The van der Waals surface area contributed by atoms with E-state index in [-0.39, 0.29) is 11.8 Å².